The average Bonchev–Trinajstić information content (AvgIpc) is 3.11. The van der Waals surface area contributed by atoms with Crippen molar-refractivity contribution in [3.8, 4) is 0 Å². The molecule has 0 saturated heterocycles. The van der Waals surface area contributed by atoms with Crippen LogP contribution in [0.1, 0.15) is 226 Å². The lowest BCUT2D eigenvalue weighted by atomic mass is 10.0. The molecule has 290 valence electrons. The highest BCUT2D eigenvalue weighted by Gasteiger charge is 2.22. The van der Waals surface area contributed by atoms with Gasteiger partial charge in [-0.2, -0.15) is 0 Å². The molecule has 0 aliphatic carbocycles. The molecule has 5 heteroatoms. The lowest BCUT2D eigenvalue weighted by molar-refractivity contribution is -0.131. The largest absolute Gasteiger partial charge is 0.394 e. The predicted octanol–water partition coefficient (Wildman–Crippen LogP) is 12.2. The first-order valence-electron chi connectivity index (χ1n) is 21.7. The van der Waals surface area contributed by atoms with Crippen LogP contribution >= 0.6 is 0 Å². The Balaban J connectivity index is 3.66. The molecular weight excluding hydrogens is 606 g/mol. The topological polar surface area (TPSA) is 89.8 Å². The number of aliphatic hydroxyl groups excluding tert-OH is 3. The van der Waals surface area contributed by atoms with Gasteiger partial charge < -0.3 is 20.6 Å². The number of rotatable bonds is 39. The van der Waals surface area contributed by atoms with E-state index in [2.05, 4.69) is 31.3 Å². The van der Waals surface area contributed by atoms with Crippen LogP contribution in [0.25, 0.3) is 0 Å². The van der Waals surface area contributed by atoms with E-state index < -0.39 is 24.2 Å². The van der Waals surface area contributed by atoms with Crippen molar-refractivity contribution >= 4 is 5.91 Å². The normalized spacial score (nSPS) is 13.8. The first kappa shape index (κ1) is 47.8. The van der Waals surface area contributed by atoms with Crippen LogP contribution in [-0.2, 0) is 4.79 Å². The van der Waals surface area contributed by atoms with Gasteiger partial charge in [0.05, 0.1) is 18.8 Å². The van der Waals surface area contributed by atoms with E-state index in [1.165, 1.54) is 173 Å². The highest BCUT2D eigenvalue weighted by atomic mass is 16.3. The van der Waals surface area contributed by atoms with Crippen molar-refractivity contribution in [3.05, 3.63) is 24.3 Å². The molecule has 0 aromatic rings. The van der Waals surface area contributed by atoms with Crippen molar-refractivity contribution in [2.45, 2.75) is 244 Å². The minimum absolute atomic E-state index is 0.364. The molecule has 0 radical (unpaired) electrons. The zero-order chi connectivity index (χ0) is 35.9. The number of nitrogens with one attached hydrogen (secondary N) is 1. The molecule has 0 saturated carbocycles. The third kappa shape index (κ3) is 35.0. The van der Waals surface area contributed by atoms with Crippen molar-refractivity contribution in [1.82, 2.24) is 5.32 Å². The lowest BCUT2D eigenvalue weighted by Crippen LogP contribution is -2.48. The Morgan fingerprint density at radius 1 is 0.490 bits per heavy atom. The summed E-state index contributed by atoms with van der Waals surface area (Å²) in [5.41, 5.74) is 0. The molecule has 0 rings (SSSR count). The van der Waals surface area contributed by atoms with E-state index in [1.54, 1.807) is 6.08 Å². The molecule has 0 aromatic heterocycles. The minimum atomic E-state index is -1.10. The second-order valence-electron chi connectivity index (χ2n) is 14.9. The summed E-state index contributed by atoms with van der Waals surface area (Å²) in [6.07, 6.45) is 47.8. The van der Waals surface area contributed by atoms with E-state index in [1.807, 2.05) is 6.08 Å². The molecule has 0 fully saturated rings. The summed E-state index contributed by atoms with van der Waals surface area (Å²) in [7, 11) is 0. The number of hydrogen-bond acceptors (Lipinski definition) is 4. The van der Waals surface area contributed by atoms with Gasteiger partial charge in [-0.15, -0.1) is 0 Å². The van der Waals surface area contributed by atoms with Gasteiger partial charge in [0.25, 0.3) is 0 Å². The van der Waals surface area contributed by atoms with Gasteiger partial charge in [0.1, 0.15) is 6.10 Å². The molecule has 0 aromatic carbocycles. The second-order valence-corrected chi connectivity index (χ2v) is 14.9. The van der Waals surface area contributed by atoms with Gasteiger partial charge in [-0.05, 0) is 44.9 Å². The fourth-order valence-electron chi connectivity index (χ4n) is 6.59. The van der Waals surface area contributed by atoms with Crippen LogP contribution in [0.2, 0.25) is 0 Å². The molecule has 0 aliphatic heterocycles. The van der Waals surface area contributed by atoms with E-state index in [0.29, 0.717) is 6.42 Å². The Hall–Kier alpha value is -1.17. The number of aliphatic hydroxyl groups is 3. The number of carbonyl (C=O) groups is 1. The Morgan fingerprint density at radius 3 is 1.20 bits per heavy atom. The first-order chi connectivity index (χ1) is 24.1. The van der Waals surface area contributed by atoms with Crippen LogP contribution in [0.5, 0.6) is 0 Å². The molecule has 0 spiro atoms. The first-order valence-corrected chi connectivity index (χ1v) is 21.7. The molecule has 0 heterocycles. The number of hydrogen-bond donors (Lipinski definition) is 4. The fourth-order valence-corrected chi connectivity index (χ4v) is 6.59. The fraction of sp³-hybridized carbons (Fsp3) is 0.886. The van der Waals surface area contributed by atoms with Crippen LogP contribution in [0.3, 0.4) is 0 Å². The van der Waals surface area contributed by atoms with Crippen LogP contribution in [0.15, 0.2) is 24.3 Å². The maximum Gasteiger partial charge on any atom is 0.249 e. The summed E-state index contributed by atoms with van der Waals surface area (Å²) < 4.78 is 0. The van der Waals surface area contributed by atoms with Gasteiger partial charge in [0.2, 0.25) is 5.91 Å². The van der Waals surface area contributed by atoms with Gasteiger partial charge >= 0.3 is 0 Å². The number of amides is 1. The Morgan fingerprint density at radius 2 is 0.816 bits per heavy atom. The monoisotopic (exact) mass is 692 g/mol. The van der Waals surface area contributed by atoms with Crippen molar-refractivity contribution in [3.63, 3.8) is 0 Å². The molecule has 3 atom stereocenters. The number of unbranched alkanes of at least 4 members (excludes halogenated alkanes) is 29. The highest BCUT2D eigenvalue weighted by Crippen LogP contribution is 2.15. The third-order valence-corrected chi connectivity index (χ3v) is 10.0. The number of carbonyl (C=O) groups excluding carboxylic acids is 1. The molecule has 0 bridgehead atoms. The summed E-state index contributed by atoms with van der Waals surface area (Å²) in [6.45, 7) is 4.17. The van der Waals surface area contributed by atoms with Crippen molar-refractivity contribution < 1.29 is 20.1 Å². The molecular formula is C44H85NO4. The Bertz CT molecular complexity index is 724. The average molecular weight is 692 g/mol. The van der Waals surface area contributed by atoms with E-state index in [0.717, 1.165) is 32.1 Å². The van der Waals surface area contributed by atoms with E-state index >= 15 is 0 Å². The summed E-state index contributed by atoms with van der Waals surface area (Å²) in [5, 5.41) is 33.1. The zero-order valence-electron chi connectivity index (χ0n) is 32.8. The van der Waals surface area contributed by atoms with Crippen LogP contribution in [0, 0.1) is 0 Å². The van der Waals surface area contributed by atoms with E-state index in [4.69, 9.17) is 0 Å². The van der Waals surface area contributed by atoms with Gasteiger partial charge in [0, 0.05) is 0 Å². The standard InChI is InChI=1S/C44H85NO4/c1-3-5-7-9-11-13-15-17-19-20-21-22-23-24-25-27-28-30-32-34-36-38-42(47)41(40-46)45-44(49)43(48)39-37-35-33-31-29-26-18-16-14-12-10-8-6-4-2/h14,16,36,38,41-43,46-48H,3-13,15,17-35,37,39-40H2,1-2H3,(H,45,49)/b16-14-,38-36+. The molecule has 1 amide bonds. The maximum absolute atomic E-state index is 12.4. The maximum atomic E-state index is 12.4. The highest BCUT2D eigenvalue weighted by molar-refractivity contribution is 5.80. The lowest BCUT2D eigenvalue weighted by Gasteiger charge is -2.21. The molecule has 3 unspecified atom stereocenters. The molecule has 4 N–H and O–H groups in total. The van der Waals surface area contributed by atoms with Gasteiger partial charge in [-0.3, -0.25) is 4.79 Å². The minimum Gasteiger partial charge on any atom is -0.394 e. The summed E-state index contributed by atoms with van der Waals surface area (Å²) in [5.74, 6) is -0.508. The Labute approximate surface area is 305 Å². The molecule has 49 heavy (non-hydrogen) atoms. The SMILES string of the molecule is CCCCCC/C=C\CCCCCCCCC(O)C(=O)NC(CO)C(O)/C=C/CCCCCCCCCCCCCCCCCCCCC. The van der Waals surface area contributed by atoms with Crippen molar-refractivity contribution in [1.29, 1.82) is 0 Å². The predicted molar refractivity (Wildman–Crippen MR) is 213 cm³/mol. The smallest absolute Gasteiger partial charge is 0.249 e. The summed E-state index contributed by atoms with van der Waals surface area (Å²) in [4.78, 5) is 12.4. The molecule has 5 nitrogen and oxygen atoms in total. The Kier molecular flexibility index (Phi) is 38.7. The number of allylic oxidation sites excluding steroid dienone is 3. The quantitative estimate of drug-likeness (QED) is 0.0381. The van der Waals surface area contributed by atoms with Crippen LogP contribution in [-0.4, -0.2) is 46.1 Å². The van der Waals surface area contributed by atoms with Crippen molar-refractivity contribution in [2.75, 3.05) is 6.61 Å². The van der Waals surface area contributed by atoms with E-state index in [-0.39, 0.29) is 6.61 Å². The van der Waals surface area contributed by atoms with E-state index in [9.17, 15) is 20.1 Å². The van der Waals surface area contributed by atoms with Crippen LogP contribution in [0.4, 0.5) is 0 Å². The second kappa shape index (κ2) is 39.6. The van der Waals surface area contributed by atoms with Crippen molar-refractivity contribution in [2.24, 2.45) is 0 Å². The zero-order valence-corrected chi connectivity index (χ0v) is 32.8. The van der Waals surface area contributed by atoms with Gasteiger partial charge in [-0.25, -0.2) is 0 Å². The van der Waals surface area contributed by atoms with Crippen LogP contribution < -0.4 is 5.32 Å². The molecule has 0 aliphatic rings. The van der Waals surface area contributed by atoms with Gasteiger partial charge in [-0.1, -0.05) is 205 Å². The summed E-state index contributed by atoms with van der Waals surface area (Å²) in [6, 6.07) is -0.797. The van der Waals surface area contributed by atoms with Gasteiger partial charge in [0.15, 0.2) is 0 Å². The third-order valence-electron chi connectivity index (χ3n) is 10.0. The summed E-state index contributed by atoms with van der Waals surface area (Å²) >= 11 is 0.